The SMILES string of the molecule is O=C(CCc1ccc(-c2ccccc2F)o1)Nc1c(C(=O)N2CCOCC2)oc2ccccc12. The molecule has 2 aromatic carbocycles. The van der Waals surface area contributed by atoms with Gasteiger partial charge in [-0.25, -0.2) is 4.39 Å². The lowest BCUT2D eigenvalue weighted by atomic mass is 10.1. The number of hydrogen-bond donors (Lipinski definition) is 1. The van der Waals surface area contributed by atoms with Gasteiger partial charge in [0.25, 0.3) is 5.91 Å². The summed E-state index contributed by atoms with van der Waals surface area (Å²) < 4.78 is 30.9. The maximum atomic E-state index is 14.0. The first-order chi connectivity index (χ1) is 16.6. The third kappa shape index (κ3) is 4.45. The Morgan fingerprint density at radius 2 is 1.71 bits per heavy atom. The van der Waals surface area contributed by atoms with E-state index in [4.69, 9.17) is 13.6 Å². The van der Waals surface area contributed by atoms with E-state index in [9.17, 15) is 14.0 Å². The number of nitrogens with one attached hydrogen (secondary N) is 1. The molecule has 0 radical (unpaired) electrons. The van der Waals surface area contributed by atoms with Crippen LogP contribution in [0.4, 0.5) is 10.1 Å². The Balaban J connectivity index is 1.31. The van der Waals surface area contributed by atoms with Crippen molar-refractivity contribution in [2.24, 2.45) is 0 Å². The monoisotopic (exact) mass is 462 g/mol. The standard InChI is InChI=1S/C26H23FN2O5/c27-20-7-3-1-5-18(20)22-11-9-17(33-22)10-12-23(30)28-24-19-6-2-4-8-21(19)34-25(24)26(31)29-13-15-32-16-14-29/h1-9,11H,10,12-16H2,(H,28,30). The van der Waals surface area contributed by atoms with Crippen LogP contribution >= 0.6 is 0 Å². The number of nitrogens with zero attached hydrogens (tertiary/aromatic N) is 1. The Morgan fingerprint density at radius 1 is 0.941 bits per heavy atom. The van der Waals surface area contributed by atoms with Crippen LogP contribution in [0, 0.1) is 5.82 Å². The Kier molecular flexibility index (Phi) is 6.14. The van der Waals surface area contributed by atoms with Gasteiger partial charge in [-0.1, -0.05) is 24.3 Å². The number of fused-ring (bicyclic) bond motifs is 1. The van der Waals surface area contributed by atoms with Crippen molar-refractivity contribution in [2.45, 2.75) is 12.8 Å². The van der Waals surface area contributed by atoms with Gasteiger partial charge >= 0.3 is 0 Å². The van der Waals surface area contributed by atoms with E-state index in [0.717, 1.165) is 0 Å². The molecule has 2 amide bonds. The fourth-order valence-electron chi connectivity index (χ4n) is 3.99. The van der Waals surface area contributed by atoms with Crippen molar-refractivity contribution in [3.05, 3.63) is 78.0 Å². The number of amides is 2. The molecule has 3 heterocycles. The quantitative estimate of drug-likeness (QED) is 0.442. The number of hydrogen-bond acceptors (Lipinski definition) is 5. The maximum absolute atomic E-state index is 14.0. The normalized spacial score (nSPS) is 13.9. The molecule has 0 atom stereocenters. The van der Waals surface area contributed by atoms with Crippen molar-refractivity contribution in [3.63, 3.8) is 0 Å². The zero-order chi connectivity index (χ0) is 23.5. The summed E-state index contributed by atoms with van der Waals surface area (Å²) >= 11 is 0. The number of ether oxygens (including phenoxy) is 1. The highest BCUT2D eigenvalue weighted by atomic mass is 19.1. The number of anilines is 1. The minimum Gasteiger partial charge on any atom is -0.461 e. The van der Waals surface area contributed by atoms with E-state index in [1.54, 1.807) is 47.4 Å². The number of furan rings is 2. The summed E-state index contributed by atoms with van der Waals surface area (Å²) in [5.74, 6) is 0.145. The van der Waals surface area contributed by atoms with Gasteiger partial charge in [0.2, 0.25) is 11.7 Å². The first kappa shape index (κ1) is 21.9. The van der Waals surface area contributed by atoms with Gasteiger partial charge < -0.3 is 23.8 Å². The zero-order valence-electron chi connectivity index (χ0n) is 18.4. The minimum atomic E-state index is -0.370. The molecule has 0 unspecified atom stereocenters. The Bertz CT molecular complexity index is 1340. The summed E-state index contributed by atoms with van der Waals surface area (Å²) in [6.07, 6.45) is 0.442. The van der Waals surface area contributed by atoms with Crippen LogP contribution in [0.15, 0.2) is 69.5 Å². The molecule has 7 nitrogen and oxygen atoms in total. The summed E-state index contributed by atoms with van der Waals surface area (Å²) in [7, 11) is 0. The van der Waals surface area contributed by atoms with E-state index in [0.29, 0.717) is 66.5 Å². The summed E-state index contributed by atoms with van der Waals surface area (Å²) in [5.41, 5.74) is 1.26. The molecule has 1 aliphatic heterocycles. The van der Waals surface area contributed by atoms with E-state index in [1.165, 1.54) is 6.07 Å². The van der Waals surface area contributed by atoms with Crippen molar-refractivity contribution in [1.29, 1.82) is 0 Å². The smallest absolute Gasteiger partial charge is 0.291 e. The number of para-hydroxylation sites is 1. The van der Waals surface area contributed by atoms with Crippen molar-refractivity contribution in [1.82, 2.24) is 4.90 Å². The molecule has 0 bridgehead atoms. The van der Waals surface area contributed by atoms with Crippen molar-refractivity contribution >= 4 is 28.5 Å². The Labute approximate surface area is 195 Å². The lowest BCUT2D eigenvalue weighted by Gasteiger charge is -2.26. The van der Waals surface area contributed by atoms with Gasteiger partial charge in [-0.2, -0.15) is 0 Å². The molecule has 8 heteroatoms. The average Bonchev–Trinajstić information content (AvgIpc) is 3.48. The molecule has 5 rings (SSSR count). The van der Waals surface area contributed by atoms with Crippen LogP contribution < -0.4 is 5.32 Å². The number of carbonyl (C=O) groups is 2. The third-order valence-electron chi connectivity index (χ3n) is 5.75. The van der Waals surface area contributed by atoms with Crippen LogP contribution in [-0.2, 0) is 16.0 Å². The van der Waals surface area contributed by atoms with Crippen molar-refractivity contribution < 1.29 is 27.6 Å². The summed E-state index contributed by atoms with van der Waals surface area (Å²) in [6.45, 7) is 1.86. The highest BCUT2D eigenvalue weighted by Gasteiger charge is 2.27. The topological polar surface area (TPSA) is 84.9 Å². The average molecular weight is 462 g/mol. The lowest BCUT2D eigenvalue weighted by molar-refractivity contribution is -0.116. The predicted molar refractivity (Wildman–Crippen MR) is 124 cm³/mol. The first-order valence-corrected chi connectivity index (χ1v) is 11.1. The number of morpholine rings is 1. The molecule has 34 heavy (non-hydrogen) atoms. The first-order valence-electron chi connectivity index (χ1n) is 11.1. The summed E-state index contributed by atoms with van der Waals surface area (Å²) in [4.78, 5) is 27.6. The Morgan fingerprint density at radius 3 is 2.53 bits per heavy atom. The zero-order valence-corrected chi connectivity index (χ0v) is 18.4. The molecule has 0 spiro atoms. The highest BCUT2D eigenvalue weighted by Crippen LogP contribution is 2.32. The number of carbonyl (C=O) groups excluding carboxylic acids is 2. The van der Waals surface area contributed by atoms with Crippen LogP contribution in [-0.4, -0.2) is 43.0 Å². The minimum absolute atomic E-state index is 0.108. The van der Waals surface area contributed by atoms with Crippen molar-refractivity contribution in [3.8, 4) is 11.3 Å². The lowest BCUT2D eigenvalue weighted by Crippen LogP contribution is -2.40. The molecular weight excluding hydrogens is 439 g/mol. The molecule has 1 aliphatic rings. The molecule has 1 N–H and O–H groups in total. The van der Waals surface area contributed by atoms with Gasteiger partial charge in [-0.3, -0.25) is 9.59 Å². The summed E-state index contributed by atoms with van der Waals surface area (Å²) in [5, 5.41) is 3.52. The second-order valence-corrected chi connectivity index (χ2v) is 8.00. The number of aryl methyl sites for hydroxylation is 1. The largest absolute Gasteiger partial charge is 0.461 e. The van der Waals surface area contributed by atoms with Gasteiger partial charge in [-0.15, -0.1) is 0 Å². The third-order valence-corrected chi connectivity index (χ3v) is 5.75. The Hall–Kier alpha value is -3.91. The van der Waals surface area contributed by atoms with E-state index >= 15 is 0 Å². The van der Waals surface area contributed by atoms with Gasteiger partial charge in [0.15, 0.2) is 0 Å². The molecule has 174 valence electrons. The number of benzene rings is 2. The molecule has 2 aromatic heterocycles. The molecule has 0 aliphatic carbocycles. The van der Waals surface area contributed by atoms with Gasteiger partial charge in [-0.05, 0) is 36.4 Å². The second kappa shape index (κ2) is 9.52. The molecule has 4 aromatic rings. The van der Waals surface area contributed by atoms with Crippen LogP contribution in [0.3, 0.4) is 0 Å². The van der Waals surface area contributed by atoms with Gasteiger partial charge in [0.05, 0.1) is 18.8 Å². The molecular formula is C26H23FN2O5. The van der Waals surface area contributed by atoms with Crippen LogP contribution in [0.2, 0.25) is 0 Å². The van der Waals surface area contributed by atoms with Crippen molar-refractivity contribution in [2.75, 3.05) is 31.6 Å². The van der Waals surface area contributed by atoms with Crippen LogP contribution in [0.1, 0.15) is 22.7 Å². The van der Waals surface area contributed by atoms with E-state index in [-0.39, 0.29) is 29.8 Å². The molecule has 1 saturated heterocycles. The second-order valence-electron chi connectivity index (χ2n) is 8.00. The summed E-state index contributed by atoms with van der Waals surface area (Å²) in [6, 6.07) is 17.0. The molecule has 0 saturated carbocycles. The van der Waals surface area contributed by atoms with E-state index < -0.39 is 0 Å². The van der Waals surface area contributed by atoms with Gasteiger partial charge in [0.1, 0.15) is 28.6 Å². The van der Waals surface area contributed by atoms with E-state index in [2.05, 4.69) is 5.32 Å². The number of halogens is 1. The van der Waals surface area contributed by atoms with Crippen LogP contribution in [0.5, 0.6) is 0 Å². The molecule has 1 fully saturated rings. The number of rotatable bonds is 6. The fourth-order valence-corrected chi connectivity index (χ4v) is 3.99. The maximum Gasteiger partial charge on any atom is 0.291 e. The van der Waals surface area contributed by atoms with Gasteiger partial charge in [0, 0.05) is 31.3 Å². The highest BCUT2D eigenvalue weighted by molar-refractivity contribution is 6.10. The van der Waals surface area contributed by atoms with E-state index in [1.807, 2.05) is 12.1 Å². The fraction of sp³-hybridized carbons (Fsp3) is 0.231. The predicted octanol–water partition coefficient (Wildman–Crippen LogP) is 4.88. The van der Waals surface area contributed by atoms with Crippen LogP contribution in [0.25, 0.3) is 22.3 Å².